The van der Waals surface area contributed by atoms with Gasteiger partial charge in [0.05, 0.1) is 6.29 Å². The van der Waals surface area contributed by atoms with Crippen LogP contribution >= 0.6 is 0 Å². The monoisotopic (exact) mass is 166 g/mol. The van der Waals surface area contributed by atoms with Crippen LogP contribution in [0.3, 0.4) is 0 Å². The first-order valence-electron chi connectivity index (χ1n) is 1.08. The van der Waals surface area contributed by atoms with Gasteiger partial charge in [0.1, 0.15) is 0 Å². The van der Waals surface area contributed by atoms with Crippen molar-refractivity contribution in [3.05, 3.63) is 6.92 Å². The van der Waals surface area contributed by atoms with Crippen molar-refractivity contribution in [2.24, 2.45) is 0 Å². The van der Waals surface area contributed by atoms with Gasteiger partial charge in [0.25, 0.3) is 0 Å². The second kappa shape index (κ2) is 5.98. The topological polar surface area (TPSA) is 49.7 Å². The standard InChI is InChI=1S/C2H5O3.Y/c1-2(3)5-4;/h2-4H,1H2;/q-1;+3. The summed E-state index contributed by atoms with van der Waals surface area (Å²) in [5, 5.41) is 15.1. The minimum atomic E-state index is -1.31. The molecule has 0 bridgehead atoms. The first kappa shape index (κ1) is 10.1. The molecular weight excluding hydrogens is 161 g/mol. The molecule has 2 N–H and O–H groups in total. The Morgan fingerprint density at radius 1 is 1.67 bits per heavy atom. The zero-order chi connectivity index (χ0) is 4.28. The van der Waals surface area contributed by atoms with Gasteiger partial charge in [-0.25, -0.2) is 4.89 Å². The Hall–Kier alpha value is 0.984. The molecule has 0 aliphatic rings. The minimum Gasteiger partial charge on any atom is -0.395 e. The van der Waals surface area contributed by atoms with Crippen LogP contribution in [0.15, 0.2) is 0 Å². The Morgan fingerprint density at radius 3 is 1.83 bits per heavy atom. The van der Waals surface area contributed by atoms with E-state index < -0.39 is 6.29 Å². The normalized spacial score (nSPS) is 12.5. The Labute approximate surface area is 61.1 Å². The van der Waals surface area contributed by atoms with Crippen molar-refractivity contribution < 1.29 is 48.0 Å². The van der Waals surface area contributed by atoms with Gasteiger partial charge in [-0.2, -0.15) is 0 Å². The van der Waals surface area contributed by atoms with E-state index in [1.165, 1.54) is 0 Å². The molecule has 0 aromatic carbocycles. The molecule has 1 unspecified atom stereocenters. The largest absolute Gasteiger partial charge is 3.00 e. The van der Waals surface area contributed by atoms with E-state index in [1.54, 1.807) is 0 Å². The van der Waals surface area contributed by atoms with Crippen molar-refractivity contribution in [3.63, 3.8) is 0 Å². The molecule has 3 nitrogen and oxygen atoms in total. The van der Waals surface area contributed by atoms with Crippen molar-refractivity contribution in [3.8, 4) is 0 Å². The number of aliphatic hydroxyl groups excluding tert-OH is 1. The number of hydrogen-bond acceptors (Lipinski definition) is 3. The summed E-state index contributed by atoms with van der Waals surface area (Å²) in [7, 11) is 0. The van der Waals surface area contributed by atoms with E-state index in [-0.39, 0.29) is 32.7 Å². The van der Waals surface area contributed by atoms with Crippen LogP contribution in [-0.2, 0) is 37.6 Å². The third-order valence-electron chi connectivity index (χ3n) is 0.122. The average Bonchev–Trinajstić information content (AvgIpc) is 1.38. The molecule has 0 saturated heterocycles. The number of rotatable bonds is 1. The summed E-state index contributed by atoms with van der Waals surface area (Å²) in [5.74, 6) is 0. The predicted molar refractivity (Wildman–Crippen MR) is 15.1 cm³/mol. The molecule has 1 atom stereocenters. The molecule has 6 heavy (non-hydrogen) atoms. The van der Waals surface area contributed by atoms with Crippen LogP contribution in [0.25, 0.3) is 0 Å². The zero-order valence-corrected chi connectivity index (χ0v) is 6.00. The fourth-order valence-electron chi connectivity index (χ4n) is 0. The number of hydrogen-bond donors (Lipinski definition) is 2. The van der Waals surface area contributed by atoms with Crippen LogP contribution in [0.5, 0.6) is 0 Å². The van der Waals surface area contributed by atoms with E-state index in [2.05, 4.69) is 11.8 Å². The third-order valence-corrected chi connectivity index (χ3v) is 0.122. The molecule has 0 fully saturated rings. The van der Waals surface area contributed by atoms with Gasteiger partial charge in [0.2, 0.25) is 0 Å². The molecule has 4 heteroatoms. The molecule has 0 radical (unpaired) electrons. The fourth-order valence-corrected chi connectivity index (χ4v) is 0. The maximum Gasteiger partial charge on any atom is 3.00 e. The van der Waals surface area contributed by atoms with Crippen molar-refractivity contribution >= 4 is 0 Å². The molecule has 0 aromatic heterocycles. The SMILES string of the molecule is [CH2-]C(O)OO.[Y+3]. The molecule has 0 rings (SSSR count). The van der Waals surface area contributed by atoms with Gasteiger partial charge in [-0.15, -0.1) is 0 Å². The van der Waals surface area contributed by atoms with Crippen molar-refractivity contribution in [1.29, 1.82) is 0 Å². The first-order chi connectivity index (χ1) is 2.27. The Kier molecular flexibility index (Phi) is 10.0. The van der Waals surface area contributed by atoms with Crippen molar-refractivity contribution in [2.75, 3.05) is 0 Å². The molecule has 0 aliphatic carbocycles. The van der Waals surface area contributed by atoms with Crippen molar-refractivity contribution in [1.82, 2.24) is 0 Å². The summed E-state index contributed by atoms with van der Waals surface area (Å²) in [6.45, 7) is 2.84. The second-order valence-corrected chi connectivity index (χ2v) is 0.560. The van der Waals surface area contributed by atoms with E-state index in [4.69, 9.17) is 10.4 Å². The zero-order valence-electron chi connectivity index (χ0n) is 3.16. The van der Waals surface area contributed by atoms with Gasteiger partial charge in [0.15, 0.2) is 0 Å². The van der Waals surface area contributed by atoms with E-state index in [0.717, 1.165) is 0 Å². The quantitative estimate of drug-likeness (QED) is 0.241. The summed E-state index contributed by atoms with van der Waals surface area (Å²) in [5.41, 5.74) is 0. The molecule has 0 aliphatic heterocycles. The second-order valence-electron chi connectivity index (χ2n) is 0.560. The maximum absolute atomic E-state index is 7.78. The van der Waals surface area contributed by atoms with Gasteiger partial charge in [-0.1, -0.05) is 0 Å². The molecule has 0 spiro atoms. The van der Waals surface area contributed by atoms with Crippen LogP contribution in [0.4, 0.5) is 0 Å². The van der Waals surface area contributed by atoms with Crippen LogP contribution in [0.1, 0.15) is 0 Å². The molecule has 0 saturated carbocycles. The van der Waals surface area contributed by atoms with Gasteiger partial charge in [0, 0.05) is 0 Å². The summed E-state index contributed by atoms with van der Waals surface area (Å²) in [4.78, 5) is 3.19. The molecule has 0 amide bonds. The molecule has 0 heterocycles. The van der Waals surface area contributed by atoms with Crippen molar-refractivity contribution in [2.45, 2.75) is 6.29 Å². The minimum absolute atomic E-state index is 0. The molecule has 0 aromatic rings. The van der Waals surface area contributed by atoms with Gasteiger partial charge >= 0.3 is 32.7 Å². The van der Waals surface area contributed by atoms with E-state index in [9.17, 15) is 0 Å². The van der Waals surface area contributed by atoms with Crippen LogP contribution < -0.4 is 0 Å². The fraction of sp³-hybridized carbons (Fsp3) is 0.500. The van der Waals surface area contributed by atoms with Crippen LogP contribution in [-0.4, -0.2) is 16.7 Å². The van der Waals surface area contributed by atoms with Crippen LogP contribution in [0, 0.1) is 6.92 Å². The number of aliphatic hydroxyl groups is 1. The summed E-state index contributed by atoms with van der Waals surface area (Å²) < 4.78 is 0. The Balaban J connectivity index is 0. The maximum atomic E-state index is 7.78. The molecular formula is C2H5O3Y+2. The average molecular weight is 166 g/mol. The van der Waals surface area contributed by atoms with E-state index in [0.29, 0.717) is 0 Å². The van der Waals surface area contributed by atoms with E-state index in [1.807, 2.05) is 0 Å². The Bertz CT molecular complexity index is 22.8. The van der Waals surface area contributed by atoms with Gasteiger partial charge < -0.3 is 5.11 Å². The van der Waals surface area contributed by atoms with Gasteiger partial charge in [-0.3, -0.25) is 12.2 Å². The summed E-state index contributed by atoms with van der Waals surface area (Å²) >= 11 is 0. The first-order valence-corrected chi connectivity index (χ1v) is 1.08. The Morgan fingerprint density at radius 2 is 1.83 bits per heavy atom. The van der Waals surface area contributed by atoms with Crippen LogP contribution in [0.2, 0.25) is 0 Å². The predicted octanol–water partition coefficient (Wildman–Crippen LogP) is -0.374. The molecule has 32 valence electrons. The summed E-state index contributed by atoms with van der Waals surface area (Å²) in [6, 6.07) is 0. The third kappa shape index (κ3) is 8.88. The van der Waals surface area contributed by atoms with Gasteiger partial charge in [-0.05, 0) is 0 Å². The smallest absolute Gasteiger partial charge is 0.395 e. The summed E-state index contributed by atoms with van der Waals surface area (Å²) in [6.07, 6.45) is -1.31. The van der Waals surface area contributed by atoms with E-state index >= 15 is 0 Å².